The number of nitrogens with one attached hydrogen (secondary N) is 2. The summed E-state index contributed by atoms with van der Waals surface area (Å²) < 4.78 is 63.1. The fraction of sp³-hybridized carbons (Fsp3) is 0.188. The largest absolute Gasteiger partial charge is 0.276 e. The summed E-state index contributed by atoms with van der Waals surface area (Å²) in [7, 11) is -7.09. The van der Waals surface area contributed by atoms with Crippen LogP contribution in [-0.2, 0) is 24.8 Å². The fourth-order valence-electron chi connectivity index (χ4n) is 2.06. The van der Waals surface area contributed by atoms with Gasteiger partial charge in [-0.1, -0.05) is 29.8 Å². The van der Waals surface area contributed by atoms with Gasteiger partial charge in [0.2, 0.25) is 15.9 Å². The Bertz CT molecular complexity index is 1040. The summed E-state index contributed by atoms with van der Waals surface area (Å²) in [5.41, 5.74) is 2.73. The molecule has 8 nitrogen and oxygen atoms in total. The van der Waals surface area contributed by atoms with E-state index in [9.17, 15) is 26.0 Å². The van der Waals surface area contributed by atoms with Crippen LogP contribution in [0.3, 0.4) is 0 Å². The van der Waals surface area contributed by atoms with E-state index in [2.05, 4.69) is 0 Å². The highest BCUT2D eigenvalue weighted by Crippen LogP contribution is 2.15. The summed E-state index contributed by atoms with van der Waals surface area (Å²) in [6, 6.07) is 10.7. The van der Waals surface area contributed by atoms with E-state index in [1.165, 1.54) is 31.3 Å². The summed E-state index contributed by atoms with van der Waals surface area (Å²) in [4.78, 5) is 13.0. The number of carbonyl (C=O) groups excluding carboxylic acids is 1. The monoisotopic (exact) mass is 415 g/mol. The second-order valence-corrected chi connectivity index (χ2v) is 9.35. The summed E-state index contributed by atoms with van der Waals surface area (Å²) in [6.07, 6.45) is 0. The predicted octanol–water partition coefficient (Wildman–Crippen LogP) is 0.764. The molecule has 0 aliphatic heterocycles. The van der Waals surface area contributed by atoms with Gasteiger partial charge in [-0.3, -0.25) is 10.2 Å². The topological polar surface area (TPSA) is 113 Å². The normalized spacial score (nSPS) is 12.1. The number of aryl methyl sites for hydroxylation is 1. The van der Waals surface area contributed by atoms with Gasteiger partial charge in [-0.15, -0.1) is 4.83 Å². The number of hydrogen-bond acceptors (Lipinski definition) is 5. The molecular weight excluding hydrogens is 397 g/mol. The first-order chi connectivity index (χ1) is 12.5. The lowest BCUT2D eigenvalue weighted by molar-refractivity contribution is -0.121. The van der Waals surface area contributed by atoms with Gasteiger partial charge in [-0.25, -0.2) is 21.2 Å². The third-order valence-corrected chi connectivity index (χ3v) is 6.64. The van der Waals surface area contributed by atoms with E-state index in [0.29, 0.717) is 0 Å². The van der Waals surface area contributed by atoms with Gasteiger partial charge in [0, 0.05) is 7.05 Å². The van der Waals surface area contributed by atoms with Crippen molar-refractivity contribution in [2.24, 2.45) is 0 Å². The molecule has 2 aromatic carbocycles. The zero-order valence-electron chi connectivity index (χ0n) is 14.5. The Morgan fingerprint density at radius 2 is 1.63 bits per heavy atom. The minimum atomic E-state index is -4.34. The second-order valence-electron chi connectivity index (χ2n) is 5.66. The first-order valence-corrected chi connectivity index (χ1v) is 10.5. The Kier molecular flexibility index (Phi) is 6.31. The molecule has 0 aliphatic rings. The molecule has 0 unspecified atom stereocenters. The molecular formula is C16H18FN3O5S2. The molecule has 0 spiro atoms. The van der Waals surface area contributed by atoms with Gasteiger partial charge < -0.3 is 0 Å². The number of amides is 1. The SMILES string of the molecule is Cc1ccc(S(=O)(=O)N(C)CC(=O)NNS(=O)(=O)c2ccccc2F)cc1. The van der Waals surface area contributed by atoms with Gasteiger partial charge in [0.15, 0.2) is 0 Å². The van der Waals surface area contributed by atoms with Crippen LogP contribution in [0.4, 0.5) is 4.39 Å². The van der Waals surface area contributed by atoms with Crippen molar-refractivity contribution in [1.29, 1.82) is 0 Å². The Balaban J connectivity index is 2.03. The van der Waals surface area contributed by atoms with Crippen molar-refractivity contribution in [2.45, 2.75) is 16.7 Å². The molecule has 0 saturated carbocycles. The van der Waals surface area contributed by atoms with Gasteiger partial charge in [0.25, 0.3) is 10.0 Å². The molecule has 0 aliphatic carbocycles. The number of carbonyl (C=O) groups is 1. The maximum Gasteiger partial charge on any atom is 0.260 e. The van der Waals surface area contributed by atoms with Crippen molar-refractivity contribution in [3.05, 3.63) is 59.9 Å². The van der Waals surface area contributed by atoms with Crippen LogP contribution in [0.5, 0.6) is 0 Å². The first-order valence-electron chi connectivity index (χ1n) is 7.62. The standard InChI is InChI=1S/C16H18FN3O5S2/c1-12-7-9-13(10-8-12)27(24,25)20(2)11-16(21)18-19-26(22,23)15-6-4-3-5-14(15)17/h3-10,19H,11H2,1-2H3,(H,18,21). The fourth-order valence-corrected chi connectivity index (χ4v) is 4.13. The number of nitrogens with zero attached hydrogens (tertiary/aromatic N) is 1. The minimum absolute atomic E-state index is 0.00432. The molecule has 0 heterocycles. The van der Waals surface area contributed by atoms with Gasteiger partial charge in [-0.05, 0) is 31.2 Å². The highest BCUT2D eigenvalue weighted by molar-refractivity contribution is 7.89. The van der Waals surface area contributed by atoms with Crippen molar-refractivity contribution >= 4 is 26.0 Å². The van der Waals surface area contributed by atoms with E-state index >= 15 is 0 Å². The number of halogens is 1. The van der Waals surface area contributed by atoms with Crippen LogP contribution >= 0.6 is 0 Å². The molecule has 0 fully saturated rings. The third kappa shape index (κ3) is 5.10. The van der Waals surface area contributed by atoms with Crippen LogP contribution in [0.1, 0.15) is 5.56 Å². The van der Waals surface area contributed by atoms with E-state index in [0.717, 1.165) is 22.0 Å². The van der Waals surface area contributed by atoms with Gasteiger partial charge >= 0.3 is 0 Å². The average molecular weight is 415 g/mol. The van der Waals surface area contributed by atoms with Crippen molar-refractivity contribution in [3.8, 4) is 0 Å². The highest BCUT2D eigenvalue weighted by atomic mass is 32.2. The van der Waals surface area contributed by atoms with Crippen LogP contribution in [0.15, 0.2) is 58.3 Å². The molecule has 1 amide bonds. The lowest BCUT2D eigenvalue weighted by Gasteiger charge is -2.17. The maximum atomic E-state index is 13.6. The van der Waals surface area contributed by atoms with Gasteiger partial charge in [-0.2, -0.15) is 4.31 Å². The number of hydrogen-bond donors (Lipinski definition) is 2. The van der Waals surface area contributed by atoms with E-state index in [1.807, 2.05) is 5.43 Å². The molecule has 0 saturated heterocycles. The molecule has 0 radical (unpaired) electrons. The quantitative estimate of drug-likeness (QED) is 0.649. The van der Waals surface area contributed by atoms with Crippen LogP contribution in [-0.4, -0.2) is 40.6 Å². The molecule has 27 heavy (non-hydrogen) atoms. The summed E-state index contributed by atoms with van der Waals surface area (Å²) >= 11 is 0. The zero-order chi connectivity index (χ0) is 20.2. The number of hydrazine groups is 1. The Hall–Kier alpha value is -2.34. The Labute approximate surface area is 157 Å². The molecule has 0 aromatic heterocycles. The summed E-state index contributed by atoms with van der Waals surface area (Å²) in [5, 5.41) is 0. The van der Waals surface area contributed by atoms with Gasteiger partial charge in [0.1, 0.15) is 10.7 Å². The minimum Gasteiger partial charge on any atom is -0.276 e. The number of benzene rings is 2. The van der Waals surface area contributed by atoms with Crippen molar-refractivity contribution in [2.75, 3.05) is 13.6 Å². The molecule has 2 rings (SSSR count). The van der Waals surface area contributed by atoms with Crippen molar-refractivity contribution in [3.63, 3.8) is 0 Å². The van der Waals surface area contributed by atoms with E-state index < -0.39 is 43.2 Å². The third-order valence-electron chi connectivity index (χ3n) is 3.55. The Morgan fingerprint density at radius 1 is 1.04 bits per heavy atom. The van der Waals surface area contributed by atoms with Crippen molar-refractivity contribution in [1.82, 2.24) is 14.6 Å². The van der Waals surface area contributed by atoms with Crippen LogP contribution < -0.4 is 10.3 Å². The summed E-state index contributed by atoms with van der Waals surface area (Å²) in [5.74, 6) is -1.92. The average Bonchev–Trinajstić information content (AvgIpc) is 2.60. The van der Waals surface area contributed by atoms with Crippen LogP contribution in [0.25, 0.3) is 0 Å². The molecule has 146 valence electrons. The molecule has 0 bridgehead atoms. The molecule has 2 aromatic rings. The zero-order valence-corrected chi connectivity index (χ0v) is 16.1. The maximum absolute atomic E-state index is 13.6. The highest BCUT2D eigenvalue weighted by Gasteiger charge is 2.24. The van der Waals surface area contributed by atoms with Crippen LogP contribution in [0.2, 0.25) is 0 Å². The lowest BCUT2D eigenvalue weighted by Crippen LogP contribution is -2.46. The smallest absolute Gasteiger partial charge is 0.260 e. The summed E-state index contributed by atoms with van der Waals surface area (Å²) in [6.45, 7) is 1.16. The van der Waals surface area contributed by atoms with Crippen molar-refractivity contribution < 1.29 is 26.0 Å². The van der Waals surface area contributed by atoms with Gasteiger partial charge in [0.05, 0.1) is 11.4 Å². The Morgan fingerprint density at radius 3 is 2.22 bits per heavy atom. The van der Waals surface area contributed by atoms with Crippen LogP contribution in [0, 0.1) is 12.7 Å². The lowest BCUT2D eigenvalue weighted by atomic mass is 10.2. The molecule has 11 heteroatoms. The predicted molar refractivity (Wildman–Crippen MR) is 95.9 cm³/mol. The van der Waals surface area contributed by atoms with E-state index in [4.69, 9.17) is 0 Å². The first kappa shape index (κ1) is 21.0. The number of sulfonamides is 2. The second kappa shape index (κ2) is 8.13. The number of rotatable bonds is 7. The molecule has 2 N–H and O–H groups in total. The van der Waals surface area contributed by atoms with E-state index in [-0.39, 0.29) is 4.90 Å². The molecule has 0 atom stereocenters. The van der Waals surface area contributed by atoms with E-state index in [1.54, 1.807) is 23.9 Å². The number of likely N-dealkylation sites (N-methyl/N-ethyl adjacent to an activating group) is 1.